The van der Waals surface area contributed by atoms with Crippen molar-refractivity contribution in [3.8, 4) is 0 Å². The molecule has 14 heteroatoms. The maximum absolute atomic E-state index is 10.9. The zero-order chi connectivity index (χ0) is 26.4. The van der Waals surface area contributed by atoms with Crippen LogP contribution in [0.25, 0.3) is 11.0 Å². The van der Waals surface area contributed by atoms with Gasteiger partial charge in [0.15, 0.2) is 0 Å². The molecule has 0 atom stereocenters. The number of rotatable bonds is 7. The first-order valence-corrected chi connectivity index (χ1v) is 12.0. The Bertz CT molecular complexity index is 1110. The van der Waals surface area contributed by atoms with Gasteiger partial charge in [0, 0.05) is 44.2 Å². The molecule has 13 nitrogen and oxygen atoms in total. The predicted octanol–water partition coefficient (Wildman–Crippen LogP) is 1.42. The highest BCUT2D eigenvalue weighted by Gasteiger charge is 2.32. The van der Waals surface area contributed by atoms with Gasteiger partial charge in [-0.05, 0) is 18.6 Å². The second-order valence-corrected chi connectivity index (χ2v) is 8.03. The number of carbonyl (C=O) groups is 4. The van der Waals surface area contributed by atoms with Crippen LogP contribution in [0, 0.1) is 0 Å². The van der Waals surface area contributed by atoms with Gasteiger partial charge in [0.2, 0.25) is 5.91 Å². The minimum Gasteiger partial charge on any atom is -0.423 e. The number of carbonyl (C=O) groups excluding carboxylic acids is 4. The van der Waals surface area contributed by atoms with Crippen molar-refractivity contribution in [1.82, 2.24) is 10.4 Å². The summed E-state index contributed by atoms with van der Waals surface area (Å²) < 4.78 is 19.1. The van der Waals surface area contributed by atoms with Gasteiger partial charge in [-0.15, -0.1) is 5.06 Å². The summed E-state index contributed by atoms with van der Waals surface area (Å²) in [6, 6.07) is 10.6. The van der Waals surface area contributed by atoms with E-state index in [9.17, 15) is 28.5 Å². The van der Waals surface area contributed by atoms with Gasteiger partial charge in [0.1, 0.15) is 5.58 Å². The average molecular weight is 514 g/mol. The topological polar surface area (TPSA) is 190 Å². The normalized spacial score (nSPS) is 12.9. The molecule has 1 aliphatic heterocycles. The number of phosphoric ester groups is 1. The summed E-state index contributed by atoms with van der Waals surface area (Å²) >= 11 is 0. The van der Waals surface area contributed by atoms with E-state index in [4.69, 9.17) is 14.2 Å². The standard InChI is InChI=1S/C9H6O2.C7H9NO4.C5H12NO5P/c10-9-6-5-7-3-1-2-4-8(7)11-9;1-2-7(11)12-8-5(9)3-4-6(8)10;1-6-5(7)3-2-4-11-12(8,9)10/h1-6H;2-4H2,1H3;2-4H2,1H3,(H,6,7)(H2,8,9,10). The van der Waals surface area contributed by atoms with Crippen molar-refractivity contribution in [2.24, 2.45) is 0 Å². The Kier molecular flexibility index (Phi) is 12.5. The first-order valence-electron chi connectivity index (χ1n) is 10.4. The lowest BCUT2D eigenvalue weighted by Gasteiger charge is -2.10. The molecule has 1 aliphatic rings. The van der Waals surface area contributed by atoms with E-state index >= 15 is 0 Å². The summed E-state index contributed by atoms with van der Waals surface area (Å²) in [4.78, 5) is 74.6. The predicted molar refractivity (Wildman–Crippen MR) is 121 cm³/mol. The number of hydrogen-bond donors (Lipinski definition) is 3. The number of para-hydroxylation sites is 1. The minimum absolute atomic E-state index is 0.113. The van der Waals surface area contributed by atoms with Crippen molar-refractivity contribution in [3.63, 3.8) is 0 Å². The van der Waals surface area contributed by atoms with Gasteiger partial charge in [0.05, 0.1) is 6.61 Å². The molecule has 2 heterocycles. The fraction of sp³-hybridized carbons (Fsp3) is 0.381. The number of imide groups is 1. The minimum atomic E-state index is -4.37. The Morgan fingerprint density at radius 2 is 1.71 bits per heavy atom. The monoisotopic (exact) mass is 514 g/mol. The molecule has 3 rings (SSSR count). The van der Waals surface area contributed by atoms with Gasteiger partial charge >= 0.3 is 19.4 Å². The number of hydroxylamine groups is 2. The van der Waals surface area contributed by atoms with Gasteiger partial charge in [0.25, 0.3) is 11.8 Å². The van der Waals surface area contributed by atoms with Crippen LogP contribution in [-0.4, -0.2) is 52.2 Å². The Morgan fingerprint density at radius 3 is 2.29 bits per heavy atom. The fourth-order valence-corrected chi connectivity index (χ4v) is 2.74. The first-order chi connectivity index (χ1) is 16.5. The molecule has 0 radical (unpaired) electrons. The third kappa shape index (κ3) is 12.1. The lowest BCUT2D eigenvalue weighted by atomic mass is 10.2. The number of nitrogens with zero attached hydrogens (tertiary/aromatic N) is 1. The fourth-order valence-electron chi connectivity index (χ4n) is 2.38. The molecule has 0 spiro atoms. The number of fused-ring (bicyclic) bond motifs is 1. The van der Waals surface area contributed by atoms with E-state index in [-0.39, 0.29) is 43.8 Å². The van der Waals surface area contributed by atoms with E-state index < -0.39 is 25.6 Å². The van der Waals surface area contributed by atoms with E-state index in [1.165, 1.54) is 13.1 Å². The van der Waals surface area contributed by atoms with Crippen molar-refractivity contribution in [2.45, 2.75) is 39.0 Å². The van der Waals surface area contributed by atoms with Crippen molar-refractivity contribution in [2.75, 3.05) is 13.7 Å². The molecule has 0 bridgehead atoms. The highest BCUT2D eigenvalue weighted by molar-refractivity contribution is 7.46. The van der Waals surface area contributed by atoms with Gasteiger partial charge in [-0.1, -0.05) is 25.1 Å². The summed E-state index contributed by atoms with van der Waals surface area (Å²) in [7, 11) is -2.87. The average Bonchev–Trinajstić information content (AvgIpc) is 3.13. The zero-order valence-electron chi connectivity index (χ0n) is 19.2. The molecular formula is C21H27N2O11P. The van der Waals surface area contributed by atoms with Gasteiger partial charge in [-0.25, -0.2) is 14.2 Å². The quantitative estimate of drug-likeness (QED) is 0.210. The summed E-state index contributed by atoms with van der Waals surface area (Å²) in [5.41, 5.74) is 0.337. The molecule has 0 saturated carbocycles. The Balaban J connectivity index is 0.000000262. The van der Waals surface area contributed by atoms with Crippen molar-refractivity contribution >= 4 is 42.5 Å². The largest absolute Gasteiger partial charge is 0.469 e. The molecule has 1 saturated heterocycles. The van der Waals surface area contributed by atoms with Crippen LogP contribution in [0.15, 0.2) is 45.6 Å². The second kappa shape index (κ2) is 14.8. The molecule has 2 aromatic rings. The number of nitrogens with one attached hydrogen (secondary N) is 1. The molecule has 1 aromatic heterocycles. The smallest absolute Gasteiger partial charge is 0.423 e. The van der Waals surface area contributed by atoms with E-state index in [1.807, 2.05) is 18.2 Å². The Hall–Kier alpha value is -3.38. The van der Waals surface area contributed by atoms with Crippen LogP contribution in [0.3, 0.4) is 0 Å². The van der Waals surface area contributed by atoms with Crippen LogP contribution in [0.1, 0.15) is 39.0 Å². The van der Waals surface area contributed by atoms with Crippen LogP contribution in [-0.2, 0) is 33.1 Å². The van der Waals surface area contributed by atoms with Crippen LogP contribution in [0.4, 0.5) is 0 Å². The number of hydrogen-bond acceptors (Lipinski definition) is 9. The summed E-state index contributed by atoms with van der Waals surface area (Å²) in [5.74, 6) is -1.63. The SMILES string of the molecule is CCC(=O)ON1C(=O)CCC1=O.CNC(=O)CCCOP(=O)(O)O.O=c1ccc2ccccc2o1. The number of benzene rings is 1. The van der Waals surface area contributed by atoms with Crippen molar-refractivity contribution < 1.29 is 47.3 Å². The third-order valence-corrected chi connectivity index (χ3v) is 4.62. The van der Waals surface area contributed by atoms with Crippen LogP contribution >= 0.6 is 7.82 Å². The van der Waals surface area contributed by atoms with Gasteiger partial charge in [-0.3, -0.25) is 18.9 Å². The highest BCUT2D eigenvalue weighted by Crippen LogP contribution is 2.35. The summed E-state index contributed by atoms with van der Waals surface area (Å²) in [6.45, 7) is 1.48. The summed E-state index contributed by atoms with van der Waals surface area (Å²) in [6.07, 6.45) is 0.921. The molecule has 35 heavy (non-hydrogen) atoms. The molecular weight excluding hydrogens is 487 g/mol. The second-order valence-electron chi connectivity index (χ2n) is 6.79. The van der Waals surface area contributed by atoms with E-state index in [0.717, 1.165) is 5.39 Å². The van der Waals surface area contributed by atoms with Crippen LogP contribution in [0.2, 0.25) is 0 Å². The molecule has 1 aromatic carbocycles. The molecule has 0 aliphatic carbocycles. The van der Waals surface area contributed by atoms with E-state index in [2.05, 4.69) is 14.7 Å². The maximum Gasteiger partial charge on any atom is 0.469 e. The van der Waals surface area contributed by atoms with Crippen LogP contribution < -0.4 is 10.9 Å². The molecule has 3 amide bonds. The molecule has 1 fully saturated rings. The third-order valence-electron chi connectivity index (χ3n) is 4.10. The summed E-state index contributed by atoms with van der Waals surface area (Å²) in [5, 5.41) is 3.87. The highest BCUT2D eigenvalue weighted by atomic mass is 31.2. The zero-order valence-corrected chi connectivity index (χ0v) is 20.1. The lowest BCUT2D eigenvalue weighted by Crippen LogP contribution is -2.31. The lowest BCUT2D eigenvalue weighted by molar-refractivity contribution is -0.197. The van der Waals surface area contributed by atoms with E-state index in [0.29, 0.717) is 17.1 Å². The van der Waals surface area contributed by atoms with Gasteiger partial charge in [-0.2, -0.15) is 0 Å². The molecule has 192 valence electrons. The maximum atomic E-state index is 10.9. The number of phosphoric acid groups is 1. The van der Waals surface area contributed by atoms with Gasteiger partial charge < -0.3 is 24.4 Å². The van der Waals surface area contributed by atoms with Crippen LogP contribution in [0.5, 0.6) is 0 Å². The number of amides is 3. The van der Waals surface area contributed by atoms with E-state index in [1.54, 1.807) is 19.1 Å². The molecule has 3 N–H and O–H groups in total. The van der Waals surface area contributed by atoms with Crippen molar-refractivity contribution in [1.29, 1.82) is 0 Å². The van der Waals surface area contributed by atoms with Crippen molar-refractivity contribution in [3.05, 3.63) is 46.8 Å². The first kappa shape index (κ1) is 29.7. The Morgan fingerprint density at radius 1 is 1.09 bits per heavy atom. The molecule has 0 unspecified atom stereocenters. The Labute approximate surface area is 200 Å².